The molecule has 4 rings (SSSR count). The number of esters is 1. The number of hydrogen-bond donors (Lipinski definition) is 1. The van der Waals surface area contributed by atoms with Crippen molar-refractivity contribution >= 4 is 11.9 Å². The zero-order valence-corrected chi connectivity index (χ0v) is 15.8. The summed E-state index contributed by atoms with van der Waals surface area (Å²) < 4.78 is 5.73. The first kappa shape index (κ1) is 18.0. The molecule has 4 aliphatic rings. The van der Waals surface area contributed by atoms with Gasteiger partial charge < -0.3 is 14.7 Å². The Morgan fingerprint density at radius 1 is 1.19 bits per heavy atom. The molecule has 1 N–H and O–H groups in total. The van der Waals surface area contributed by atoms with Gasteiger partial charge in [-0.3, -0.25) is 9.69 Å². The average molecular weight is 362 g/mol. The summed E-state index contributed by atoms with van der Waals surface area (Å²) in [6.07, 6.45) is 5.17. The Balaban J connectivity index is 1.45. The average Bonchev–Trinajstić information content (AvgIpc) is 2.62. The minimum absolute atomic E-state index is 0.0215. The molecule has 6 heteroatoms. The van der Waals surface area contributed by atoms with E-state index >= 15 is 0 Å². The third kappa shape index (κ3) is 3.18. The van der Waals surface area contributed by atoms with Gasteiger partial charge in [-0.15, -0.1) is 0 Å². The van der Waals surface area contributed by atoms with E-state index in [9.17, 15) is 14.7 Å². The number of rotatable bonds is 2. The van der Waals surface area contributed by atoms with Crippen LogP contribution >= 0.6 is 0 Å². The standard InChI is InChI=1S/C20H30N2O4/c1-3-12(2)20(25)26-16-4-5-21-10-13-6-14(17(21)9-16)11-22-18(13)7-15(23)8-19(22)24/h3,13-18,23H,4-11H2,1-2H3/b12-3-/t13-,14-,15-,16-,17-,18+/m0/s1. The number of hydrogen-bond acceptors (Lipinski definition) is 5. The van der Waals surface area contributed by atoms with Crippen molar-refractivity contribution in [2.24, 2.45) is 11.8 Å². The predicted molar refractivity (Wildman–Crippen MR) is 96.2 cm³/mol. The van der Waals surface area contributed by atoms with Crippen LogP contribution in [0.25, 0.3) is 0 Å². The molecule has 2 bridgehead atoms. The van der Waals surface area contributed by atoms with Gasteiger partial charge in [-0.25, -0.2) is 4.79 Å². The number of carbonyl (C=O) groups excluding carboxylic acids is 2. The molecule has 4 aliphatic heterocycles. The minimum atomic E-state index is -0.474. The summed E-state index contributed by atoms with van der Waals surface area (Å²) in [6.45, 7) is 6.39. The lowest BCUT2D eigenvalue weighted by atomic mass is 9.70. The molecule has 4 saturated heterocycles. The maximum absolute atomic E-state index is 12.4. The second kappa shape index (κ2) is 6.97. The molecule has 26 heavy (non-hydrogen) atoms. The van der Waals surface area contributed by atoms with Crippen LogP contribution in [0.5, 0.6) is 0 Å². The number of aliphatic hydroxyl groups is 1. The number of carbonyl (C=O) groups is 2. The Kier molecular flexibility index (Phi) is 4.82. The monoisotopic (exact) mass is 362 g/mol. The highest BCUT2D eigenvalue weighted by Gasteiger charge is 2.50. The zero-order valence-electron chi connectivity index (χ0n) is 15.8. The van der Waals surface area contributed by atoms with E-state index in [1.165, 1.54) is 0 Å². The minimum Gasteiger partial charge on any atom is -0.459 e. The topological polar surface area (TPSA) is 70.1 Å². The summed E-state index contributed by atoms with van der Waals surface area (Å²) >= 11 is 0. The second-order valence-electron chi connectivity index (χ2n) is 8.55. The molecule has 0 saturated carbocycles. The number of ether oxygens (including phenoxy) is 1. The summed E-state index contributed by atoms with van der Waals surface area (Å²) in [5, 5.41) is 10.0. The molecule has 1 amide bonds. The van der Waals surface area contributed by atoms with Gasteiger partial charge >= 0.3 is 5.97 Å². The largest absolute Gasteiger partial charge is 0.459 e. The summed E-state index contributed by atoms with van der Waals surface area (Å²) in [5.41, 5.74) is 0.661. The summed E-state index contributed by atoms with van der Waals surface area (Å²) in [6, 6.07) is 0.598. The second-order valence-corrected chi connectivity index (χ2v) is 8.55. The molecule has 0 radical (unpaired) electrons. The van der Waals surface area contributed by atoms with Crippen molar-refractivity contribution < 1.29 is 19.4 Å². The fourth-order valence-electron chi connectivity index (χ4n) is 5.52. The van der Waals surface area contributed by atoms with Gasteiger partial charge in [0.2, 0.25) is 5.91 Å². The van der Waals surface area contributed by atoms with Gasteiger partial charge in [0.25, 0.3) is 0 Å². The van der Waals surface area contributed by atoms with Crippen LogP contribution < -0.4 is 0 Å². The van der Waals surface area contributed by atoms with Crippen molar-refractivity contribution in [2.75, 3.05) is 19.6 Å². The molecule has 0 aliphatic carbocycles. The Morgan fingerprint density at radius 2 is 1.96 bits per heavy atom. The number of amides is 1. The van der Waals surface area contributed by atoms with Gasteiger partial charge in [-0.1, -0.05) is 6.08 Å². The van der Waals surface area contributed by atoms with Gasteiger partial charge in [-0.05, 0) is 44.9 Å². The maximum Gasteiger partial charge on any atom is 0.333 e. The first-order chi connectivity index (χ1) is 12.5. The van der Waals surface area contributed by atoms with Crippen molar-refractivity contribution in [2.45, 2.75) is 70.2 Å². The van der Waals surface area contributed by atoms with Crippen molar-refractivity contribution in [1.82, 2.24) is 9.80 Å². The zero-order chi connectivity index (χ0) is 18.4. The molecule has 6 nitrogen and oxygen atoms in total. The number of allylic oxidation sites excluding steroid dienone is 1. The molecule has 0 aromatic heterocycles. The van der Waals surface area contributed by atoms with Gasteiger partial charge in [-0.2, -0.15) is 0 Å². The molecule has 0 aromatic carbocycles. The Morgan fingerprint density at radius 3 is 2.73 bits per heavy atom. The van der Waals surface area contributed by atoms with Crippen LogP contribution in [0.2, 0.25) is 0 Å². The van der Waals surface area contributed by atoms with Crippen LogP contribution in [0.4, 0.5) is 0 Å². The molecule has 0 aromatic rings. The predicted octanol–water partition coefficient (Wildman–Crippen LogP) is 1.33. The van der Waals surface area contributed by atoms with Gasteiger partial charge in [0, 0.05) is 43.7 Å². The molecular formula is C20H30N2O4. The number of nitrogens with zero attached hydrogens (tertiary/aromatic N) is 2. The lowest BCUT2D eigenvalue weighted by molar-refractivity contribution is -0.160. The lowest BCUT2D eigenvalue weighted by Crippen LogP contribution is -2.66. The van der Waals surface area contributed by atoms with Crippen LogP contribution in [0, 0.1) is 11.8 Å². The molecule has 144 valence electrons. The highest BCUT2D eigenvalue weighted by molar-refractivity contribution is 5.87. The van der Waals surface area contributed by atoms with E-state index < -0.39 is 6.10 Å². The van der Waals surface area contributed by atoms with E-state index in [0.29, 0.717) is 23.5 Å². The first-order valence-corrected chi connectivity index (χ1v) is 10.0. The number of fused-ring (bicyclic) bond motifs is 6. The third-order valence-electron chi connectivity index (χ3n) is 6.98. The van der Waals surface area contributed by atoms with Gasteiger partial charge in [0.1, 0.15) is 6.10 Å². The molecule has 4 fully saturated rings. The van der Waals surface area contributed by atoms with Crippen LogP contribution in [-0.4, -0.2) is 70.7 Å². The normalized spacial score (nSPS) is 40.7. The first-order valence-electron chi connectivity index (χ1n) is 10.0. The van der Waals surface area contributed by atoms with Crippen molar-refractivity contribution in [1.29, 1.82) is 0 Å². The Labute approximate surface area is 155 Å². The van der Waals surface area contributed by atoms with E-state index in [0.717, 1.165) is 45.3 Å². The number of aliphatic hydroxyl groups excluding tert-OH is 1. The quantitative estimate of drug-likeness (QED) is 0.593. The van der Waals surface area contributed by atoms with Crippen molar-refractivity contribution in [3.8, 4) is 0 Å². The smallest absolute Gasteiger partial charge is 0.333 e. The SMILES string of the molecule is C/C=C(/C)C(=O)O[C@H]1CCN2C[C@@H]3C[C@@H](CN4C(=O)C[C@@H](O)C[C@H]34)[C@@H]2C1. The van der Waals surface area contributed by atoms with Crippen LogP contribution in [0.15, 0.2) is 11.6 Å². The molecule has 0 unspecified atom stereocenters. The van der Waals surface area contributed by atoms with E-state index in [1.54, 1.807) is 13.0 Å². The summed E-state index contributed by atoms with van der Waals surface area (Å²) in [7, 11) is 0. The molecule has 6 atom stereocenters. The van der Waals surface area contributed by atoms with Gasteiger partial charge in [0.05, 0.1) is 12.5 Å². The Hall–Kier alpha value is -1.40. The van der Waals surface area contributed by atoms with Crippen molar-refractivity contribution in [3.05, 3.63) is 11.6 Å². The highest BCUT2D eigenvalue weighted by atomic mass is 16.5. The molecule has 4 heterocycles. The fourth-order valence-corrected chi connectivity index (χ4v) is 5.52. The molecule has 0 spiro atoms. The van der Waals surface area contributed by atoms with E-state index in [1.807, 2.05) is 11.8 Å². The molecular weight excluding hydrogens is 332 g/mol. The summed E-state index contributed by atoms with van der Waals surface area (Å²) in [5.74, 6) is 0.824. The lowest BCUT2D eigenvalue weighted by Gasteiger charge is -2.57. The number of piperidine rings is 4. The fraction of sp³-hybridized carbons (Fsp3) is 0.800. The maximum atomic E-state index is 12.4. The van der Waals surface area contributed by atoms with E-state index in [4.69, 9.17) is 4.74 Å². The third-order valence-corrected chi connectivity index (χ3v) is 6.98. The van der Waals surface area contributed by atoms with Crippen molar-refractivity contribution in [3.63, 3.8) is 0 Å². The van der Waals surface area contributed by atoms with E-state index in [-0.39, 0.29) is 30.4 Å². The Bertz CT molecular complexity index is 619. The van der Waals surface area contributed by atoms with Crippen LogP contribution in [0.1, 0.15) is 46.0 Å². The van der Waals surface area contributed by atoms with Crippen LogP contribution in [0.3, 0.4) is 0 Å². The van der Waals surface area contributed by atoms with Gasteiger partial charge in [0.15, 0.2) is 0 Å². The van der Waals surface area contributed by atoms with Crippen LogP contribution in [-0.2, 0) is 14.3 Å². The highest BCUT2D eigenvalue weighted by Crippen LogP contribution is 2.43. The van der Waals surface area contributed by atoms with E-state index in [2.05, 4.69) is 4.90 Å². The summed E-state index contributed by atoms with van der Waals surface area (Å²) in [4.78, 5) is 29.1.